The topological polar surface area (TPSA) is 21.3 Å². The molecule has 0 saturated heterocycles. The average Bonchev–Trinajstić information content (AvgIpc) is 3.01. The van der Waals surface area contributed by atoms with Crippen molar-refractivity contribution in [2.45, 2.75) is 0 Å². The molecule has 0 spiro atoms. The van der Waals surface area contributed by atoms with Crippen molar-refractivity contribution in [3.63, 3.8) is 0 Å². The Kier molecular flexibility index (Phi) is 4.47. The zero-order valence-electron chi connectivity index (χ0n) is 17.5. The van der Waals surface area contributed by atoms with Crippen molar-refractivity contribution in [1.29, 1.82) is 0 Å². The Balaban J connectivity index is 1.42. The molecule has 0 bridgehead atoms. The van der Waals surface area contributed by atoms with Gasteiger partial charge in [-0.25, -0.2) is 0 Å². The van der Waals surface area contributed by atoms with Gasteiger partial charge in [0.2, 0.25) is 0 Å². The summed E-state index contributed by atoms with van der Waals surface area (Å²) in [4.78, 5) is 0. The number of hydrogen-bond acceptors (Lipinski definition) is 2. The third-order valence-corrected chi connectivity index (χ3v) is 5.89. The maximum atomic E-state index is 6.52. The first-order chi connectivity index (χ1) is 15.9. The molecule has 1 aliphatic heterocycles. The lowest BCUT2D eigenvalue weighted by molar-refractivity contribution is 0.490. The molecule has 6 rings (SSSR count). The van der Waals surface area contributed by atoms with E-state index in [1.54, 1.807) is 0 Å². The second-order valence-electron chi connectivity index (χ2n) is 7.89. The standard InChI is InChI=1S/C30H21NO/c1-2-9-21(10-3-1)22-17-19-23(20-18-22)31-28-15-8-14-27-25-12-5-4-11-24(25)26-13-6-7-16-29(26)32-30(27)28/h1-20,31H. The minimum Gasteiger partial charge on any atom is -0.454 e. The number of para-hydroxylation sites is 2. The van der Waals surface area contributed by atoms with Crippen LogP contribution in [-0.4, -0.2) is 0 Å². The number of nitrogens with one attached hydrogen (secondary N) is 1. The lowest BCUT2D eigenvalue weighted by Gasteiger charge is -2.16. The molecule has 2 nitrogen and oxygen atoms in total. The summed E-state index contributed by atoms with van der Waals surface area (Å²) in [6.45, 7) is 0. The largest absolute Gasteiger partial charge is 0.454 e. The first-order valence-corrected chi connectivity index (χ1v) is 10.8. The fourth-order valence-corrected chi connectivity index (χ4v) is 4.33. The van der Waals surface area contributed by atoms with E-state index in [1.807, 2.05) is 18.2 Å². The van der Waals surface area contributed by atoms with Crippen molar-refractivity contribution in [1.82, 2.24) is 0 Å². The molecule has 0 radical (unpaired) electrons. The molecule has 0 aromatic heterocycles. The van der Waals surface area contributed by atoms with Gasteiger partial charge in [-0.15, -0.1) is 0 Å². The number of ether oxygens (including phenoxy) is 1. The number of hydrogen-bond donors (Lipinski definition) is 1. The van der Waals surface area contributed by atoms with Gasteiger partial charge in [0.15, 0.2) is 5.75 Å². The molecule has 152 valence electrons. The van der Waals surface area contributed by atoms with Crippen LogP contribution in [0.1, 0.15) is 0 Å². The van der Waals surface area contributed by atoms with Crippen LogP contribution in [0.4, 0.5) is 11.4 Å². The first-order valence-electron chi connectivity index (χ1n) is 10.8. The lowest BCUT2D eigenvalue weighted by Crippen LogP contribution is -1.95. The van der Waals surface area contributed by atoms with Crippen molar-refractivity contribution >= 4 is 11.4 Å². The van der Waals surface area contributed by atoms with Crippen LogP contribution in [0.3, 0.4) is 0 Å². The fraction of sp³-hybridized carbons (Fsp3) is 0. The van der Waals surface area contributed by atoms with Crippen LogP contribution in [0, 0.1) is 0 Å². The molecular formula is C30H21NO. The van der Waals surface area contributed by atoms with Gasteiger partial charge in [0.05, 0.1) is 5.69 Å². The molecule has 5 aromatic carbocycles. The summed E-state index contributed by atoms with van der Waals surface area (Å²) in [6.07, 6.45) is 0. The summed E-state index contributed by atoms with van der Waals surface area (Å²) in [5.41, 5.74) is 8.93. The zero-order chi connectivity index (χ0) is 21.3. The van der Waals surface area contributed by atoms with E-state index in [9.17, 15) is 0 Å². The summed E-state index contributed by atoms with van der Waals surface area (Å²) in [7, 11) is 0. The smallest absolute Gasteiger partial charge is 0.158 e. The zero-order valence-corrected chi connectivity index (χ0v) is 17.5. The molecular weight excluding hydrogens is 390 g/mol. The van der Waals surface area contributed by atoms with Gasteiger partial charge in [-0.3, -0.25) is 0 Å². The highest BCUT2D eigenvalue weighted by Crippen LogP contribution is 2.49. The summed E-state index contributed by atoms with van der Waals surface area (Å²) >= 11 is 0. The summed E-state index contributed by atoms with van der Waals surface area (Å²) in [6, 6.07) is 41.9. The molecule has 5 aromatic rings. The highest BCUT2D eigenvalue weighted by Gasteiger charge is 2.22. The molecule has 2 heteroatoms. The monoisotopic (exact) mass is 411 g/mol. The van der Waals surface area contributed by atoms with Gasteiger partial charge in [-0.05, 0) is 46.5 Å². The summed E-state index contributed by atoms with van der Waals surface area (Å²) in [5.74, 6) is 1.71. The van der Waals surface area contributed by atoms with E-state index < -0.39 is 0 Å². The molecule has 0 unspecified atom stereocenters. The van der Waals surface area contributed by atoms with Gasteiger partial charge >= 0.3 is 0 Å². The first kappa shape index (κ1) is 18.5. The van der Waals surface area contributed by atoms with Crippen LogP contribution in [0.5, 0.6) is 11.5 Å². The Morgan fingerprint density at radius 2 is 1.03 bits per heavy atom. The van der Waals surface area contributed by atoms with Crippen LogP contribution < -0.4 is 10.1 Å². The Morgan fingerprint density at radius 3 is 1.81 bits per heavy atom. The molecule has 0 atom stereocenters. The summed E-state index contributed by atoms with van der Waals surface area (Å²) < 4.78 is 6.52. The maximum absolute atomic E-state index is 6.52. The van der Waals surface area contributed by atoms with E-state index in [1.165, 1.54) is 22.3 Å². The van der Waals surface area contributed by atoms with E-state index in [0.717, 1.165) is 34.0 Å². The van der Waals surface area contributed by atoms with E-state index >= 15 is 0 Å². The predicted molar refractivity (Wildman–Crippen MR) is 133 cm³/mol. The molecule has 1 aliphatic rings. The fourth-order valence-electron chi connectivity index (χ4n) is 4.33. The van der Waals surface area contributed by atoms with Crippen molar-refractivity contribution in [3.8, 4) is 44.9 Å². The van der Waals surface area contributed by atoms with Crippen LogP contribution in [-0.2, 0) is 0 Å². The minimum atomic E-state index is 0.844. The number of benzene rings is 5. The average molecular weight is 412 g/mol. The molecule has 0 fully saturated rings. The third-order valence-electron chi connectivity index (χ3n) is 5.89. The van der Waals surface area contributed by atoms with Gasteiger partial charge < -0.3 is 10.1 Å². The Bertz CT molecular complexity index is 1400. The van der Waals surface area contributed by atoms with Gasteiger partial charge in [0.25, 0.3) is 0 Å². The number of anilines is 2. The van der Waals surface area contributed by atoms with Gasteiger partial charge in [0, 0.05) is 16.8 Å². The van der Waals surface area contributed by atoms with Crippen LogP contribution in [0.15, 0.2) is 121 Å². The normalized spacial score (nSPS) is 11.4. The van der Waals surface area contributed by atoms with Gasteiger partial charge in [-0.2, -0.15) is 0 Å². The van der Waals surface area contributed by atoms with Crippen molar-refractivity contribution < 1.29 is 4.74 Å². The van der Waals surface area contributed by atoms with Crippen LogP contribution in [0.2, 0.25) is 0 Å². The van der Waals surface area contributed by atoms with Crippen molar-refractivity contribution in [2.24, 2.45) is 0 Å². The van der Waals surface area contributed by atoms with E-state index in [0.29, 0.717) is 0 Å². The number of rotatable bonds is 3. The van der Waals surface area contributed by atoms with Crippen molar-refractivity contribution in [3.05, 3.63) is 121 Å². The maximum Gasteiger partial charge on any atom is 0.158 e. The molecule has 0 amide bonds. The Morgan fingerprint density at radius 1 is 0.438 bits per heavy atom. The van der Waals surface area contributed by atoms with Gasteiger partial charge in [0.1, 0.15) is 5.75 Å². The molecule has 1 N–H and O–H groups in total. The second-order valence-corrected chi connectivity index (χ2v) is 7.89. The van der Waals surface area contributed by atoms with E-state index in [4.69, 9.17) is 4.74 Å². The third kappa shape index (κ3) is 3.23. The highest BCUT2D eigenvalue weighted by molar-refractivity contribution is 5.93. The predicted octanol–water partition coefficient (Wildman–Crippen LogP) is 8.54. The van der Waals surface area contributed by atoms with Crippen LogP contribution >= 0.6 is 0 Å². The Labute approximate surface area is 187 Å². The van der Waals surface area contributed by atoms with E-state index in [-0.39, 0.29) is 0 Å². The second kappa shape index (κ2) is 7.75. The lowest BCUT2D eigenvalue weighted by atomic mass is 9.94. The molecule has 0 aliphatic carbocycles. The molecule has 0 saturated carbocycles. The summed E-state index contributed by atoms with van der Waals surface area (Å²) in [5, 5.41) is 3.58. The number of fused-ring (bicyclic) bond motifs is 5. The van der Waals surface area contributed by atoms with E-state index in [2.05, 4.69) is 108 Å². The quantitative estimate of drug-likeness (QED) is 0.315. The molecule has 32 heavy (non-hydrogen) atoms. The Hall–Kier alpha value is -4.30. The van der Waals surface area contributed by atoms with Gasteiger partial charge in [-0.1, -0.05) is 97.1 Å². The van der Waals surface area contributed by atoms with Crippen molar-refractivity contribution in [2.75, 3.05) is 5.32 Å². The SMILES string of the molecule is c1ccc(-c2ccc(Nc3cccc4c3Oc3ccccc3-c3ccccc3-4)cc2)cc1. The van der Waals surface area contributed by atoms with Crippen LogP contribution in [0.25, 0.3) is 33.4 Å². The molecule has 1 heterocycles. The highest BCUT2D eigenvalue weighted by atomic mass is 16.5. The minimum absolute atomic E-state index is 0.844.